The monoisotopic (exact) mass is 267 g/mol. The van der Waals surface area contributed by atoms with Gasteiger partial charge < -0.3 is 4.52 Å². The van der Waals surface area contributed by atoms with Crippen LogP contribution < -0.4 is 0 Å². The minimum atomic E-state index is -0.377. The Kier molecular flexibility index (Phi) is 3.02. The van der Waals surface area contributed by atoms with E-state index in [1.165, 1.54) is 6.92 Å². The van der Waals surface area contributed by atoms with Crippen LogP contribution >= 0.6 is 0 Å². The highest BCUT2D eigenvalue weighted by Crippen LogP contribution is 2.23. The number of pyridine rings is 1. The van der Waals surface area contributed by atoms with Gasteiger partial charge in [0.05, 0.1) is 11.4 Å². The molecule has 0 aliphatic rings. The highest BCUT2D eigenvalue weighted by atomic mass is 16.5. The first-order valence-corrected chi connectivity index (χ1v) is 6.34. The molecule has 0 radical (unpaired) electrons. The number of carbonyl (C=O) groups is 1. The molecule has 3 aromatic rings. The standard InChI is InChI=1S/C15H13N3O2/c1-9(10(2)19)15-17-14(18-20-15)12-5-6-13-11(8-12)4-3-7-16-13/h3-9H,1-2H3. The van der Waals surface area contributed by atoms with Crippen LogP contribution in [0.3, 0.4) is 0 Å². The molecule has 1 unspecified atom stereocenters. The van der Waals surface area contributed by atoms with E-state index >= 15 is 0 Å². The number of fused-ring (bicyclic) bond motifs is 1. The first-order chi connectivity index (χ1) is 9.65. The molecule has 2 aromatic heterocycles. The van der Waals surface area contributed by atoms with Crippen molar-refractivity contribution in [1.29, 1.82) is 0 Å². The Hall–Kier alpha value is -2.56. The van der Waals surface area contributed by atoms with E-state index < -0.39 is 0 Å². The maximum Gasteiger partial charge on any atom is 0.237 e. The van der Waals surface area contributed by atoms with Crippen LogP contribution in [0.25, 0.3) is 22.3 Å². The van der Waals surface area contributed by atoms with Crippen molar-refractivity contribution in [3.05, 3.63) is 42.4 Å². The van der Waals surface area contributed by atoms with Crippen LogP contribution in [-0.2, 0) is 4.79 Å². The summed E-state index contributed by atoms with van der Waals surface area (Å²) in [5.41, 5.74) is 1.76. The number of aromatic nitrogens is 3. The zero-order valence-electron chi connectivity index (χ0n) is 11.2. The summed E-state index contributed by atoms with van der Waals surface area (Å²) >= 11 is 0. The van der Waals surface area contributed by atoms with Crippen molar-refractivity contribution in [1.82, 2.24) is 15.1 Å². The largest absolute Gasteiger partial charge is 0.338 e. The highest BCUT2D eigenvalue weighted by molar-refractivity contribution is 5.83. The molecule has 3 rings (SSSR count). The predicted octanol–water partition coefficient (Wildman–Crippen LogP) is 2.98. The lowest BCUT2D eigenvalue weighted by molar-refractivity contribution is -0.118. The third kappa shape index (κ3) is 2.18. The van der Waals surface area contributed by atoms with Gasteiger partial charge in [-0.1, -0.05) is 11.2 Å². The number of Topliss-reactive ketones (excluding diaryl/α,β-unsaturated/α-hetero) is 1. The van der Waals surface area contributed by atoms with E-state index in [1.807, 2.05) is 30.3 Å². The second kappa shape index (κ2) is 4.85. The first-order valence-electron chi connectivity index (χ1n) is 6.34. The topological polar surface area (TPSA) is 68.9 Å². The summed E-state index contributed by atoms with van der Waals surface area (Å²) < 4.78 is 5.16. The highest BCUT2D eigenvalue weighted by Gasteiger charge is 2.18. The van der Waals surface area contributed by atoms with Crippen molar-refractivity contribution in [3.63, 3.8) is 0 Å². The lowest BCUT2D eigenvalue weighted by Gasteiger charge is -1.99. The minimum absolute atomic E-state index is 0.00270. The molecule has 0 bridgehead atoms. The number of benzene rings is 1. The Morgan fingerprint density at radius 1 is 1.30 bits per heavy atom. The van der Waals surface area contributed by atoms with Crippen LogP contribution in [0.2, 0.25) is 0 Å². The molecular weight excluding hydrogens is 254 g/mol. The fraction of sp³-hybridized carbons (Fsp3) is 0.200. The van der Waals surface area contributed by atoms with Gasteiger partial charge in [0, 0.05) is 17.1 Å². The van der Waals surface area contributed by atoms with Crippen LogP contribution in [0, 0.1) is 0 Å². The molecule has 1 aromatic carbocycles. The quantitative estimate of drug-likeness (QED) is 0.729. The van der Waals surface area contributed by atoms with Gasteiger partial charge in [-0.15, -0.1) is 0 Å². The molecule has 0 aliphatic carbocycles. The van der Waals surface area contributed by atoms with Crippen LogP contribution in [0.5, 0.6) is 0 Å². The Bertz CT molecular complexity index is 779. The van der Waals surface area contributed by atoms with Gasteiger partial charge in [-0.2, -0.15) is 4.98 Å². The summed E-state index contributed by atoms with van der Waals surface area (Å²) in [6.07, 6.45) is 1.75. The van der Waals surface area contributed by atoms with Gasteiger partial charge in [0.2, 0.25) is 11.7 Å². The second-order valence-corrected chi connectivity index (χ2v) is 4.70. The molecule has 0 amide bonds. The molecule has 1 atom stereocenters. The summed E-state index contributed by atoms with van der Waals surface area (Å²) in [4.78, 5) is 19.9. The molecule has 0 saturated carbocycles. The Labute approximate surface area is 115 Å². The molecule has 100 valence electrons. The molecule has 0 saturated heterocycles. The average molecular weight is 267 g/mol. The third-order valence-corrected chi connectivity index (χ3v) is 3.28. The summed E-state index contributed by atoms with van der Waals surface area (Å²) in [5, 5.41) is 4.95. The van der Waals surface area contributed by atoms with Crippen molar-refractivity contribution < 1.29 is 9.32 Å². The SMILES string of the molecule is CC(=O)C(C)c1nc(-c2ccc3ncccc3c2)no1. The van der Waals surface area contributed by atoms with Crippen molar-refractivity contribution in [2.45, 2.75) is 19.8 Å². The van der Waals surface area contributed by atoms with E-state index in [9.17, 15) is 4.79 Å². The number of nitrogens with zero attached hydrogens (tertiary/aromatic N) is 3. The van der Waals surface area contributed by atoms with Gasteiger partial charge in [0.15, 0.2) is 0 Å². The number of ketones is 1. The average Bonchev–Trinajstić information content (AvgIpc) is 2.95. The fourth-order valence-corrected chi connectivity index (χ4v) is 1.92. The zero-order valence-corrected chi connectivity index (χ0v) is 11.2. The predicted molar refractivity (Wildman–Crippen MR) is 74.1 cm³/mol. The van der Waals surface area contributed by atoms with Gasteiger partial charge in [-0.3, -0.25) is 9.78 Å². The van der Waals surface area contributed by atoms with Crippen LogP contribution in [-0.4, -0.2) is 20.9 Å². The third-order valence-electron chi connectivity index (χ3n) is 3.28. The van der Waals surface area contributed by atoms with Crippen molar-refractivity contribution in [2.24, 2.45) is 0 Å². The Morgan fingerprint density at radius 2 is 2.15 bits per heavy atom. The molecular formula is C15H13N3O2. The molecule has 0 fully saturated rings. The van der Waals surface area contributed by atoms with Crippen LogP contribution in [0.1, 0.15) is 25.7 Å². The maximum absolute atomic E-state index is 11.3. The maximum atomic E-state index is 11.3. The summed E-state index contributed by atoms with van der Waals surface area (Å²) in [5.74, 6) is 0.457. The van der Waals surface area contributed by atoms with Crippen molar-refractivity contribution in [2.75, 3.05) is 0 Å². The van der Waals surface area contributed by atoms with E-state index in [0.29, 0.717) is 11.7 Å². The number of hydrogen-bond acceptors (Lipinski definition) is 5. The number of rotatable bonds is 3. The minimum Gasteiger partial charge on any atom is -0.338 e. The number of hydrogen-bond donors (Lipinski definition) is 0. The van der Waals surface area contributed by atoms with Crippen molar-refractivity contribution >= 4 is 16.7 Å². The van der Waals surface area contributed by atoms with E-state index in [4.69, 9.17) is 4.52 Å². The van der Waals surface area contributed by atoms with E-state index in [-0.39, 0.29) is 11.7 Å². The fourth-order valence-electron chi connectivity index (χ4n) is 1.92. The van der Waals surface area contributed by atoms with Gasteiger partial charge in [-0.25, -0.2) is 0 Å². The Morgan fingerprint density at radius 3 is 2.95 bits per heavy atom. The lowest BCUT2D eigenvalue weighted by atomic mass is 10.1. The molecule has 2 heterocycles. The van der Waals surface area contributed by atoms with Gasteiger partial charge >= 0.3 is 0 Å². The van der Waals surface area contributed by atoms with Gasteiger partial charge in [0.1, 0.15) is 5.78 Å². The van der Waals surface area contributed by atoms with Crippen molar-refractivity contribution in [3.8, 4) is 11.4 Å². The second-order valence-electron chi connectivity index (χ2n) is 4.70. The van der Waals surface area contributed by atoms with E-state index in [2.05, 4.69) is 15.1 Å². The first kappa shape index (κ1) is 12.5. The normalized spacial score (nSPS) is 12.5. The molecule has 5 nitrogen and oxygen atoms in total. The van der Waals surface area contributed by atoms with E-state index in [0.717, 1.165) is 16.5 Å². The lowest BCUT2D eigenvalue weighted by Crippen LogP contribution is -2.04. The molecule has 0 spiro atoms. The number of carbonyl (C=O) groups excluding carboxylic acids is 1. The zero-order chi connectivity index (χ0) is 14.1. The summed E-state index contributed by atoms with van der Waals surface area (Å²) in [6, 6.07) is 9.61. The van der Waals surface area contributed by atoms with Crippen LogP contribution in [0.15, 0.2) is 41.1 Å². The van der Waals surface area contributed by atoms with Crippen LogP contribution in [0.4, 0.5) is 0 Å². The van der Waals surface area contributed by atoms with Gasteiger partial charge in [-0.05, 0) is 38.1 Å². The summed E-state index contributed by atoms with van der Waals surface area (Å²) in [7, 11) is 0. The Balaban J connectivity index is 2.01. The molecule has 0 aliphatic heterocycles. The van der Waals surface area contributed by atoms with E-state index in [1.54, 1.807) is 13.1 Å². The molecule has 0 N–H and O–H groups in total. The molecule has 5 heteroatoms. The van der Waals surface area contributed by atoms with Gasteiger partial charge in [0.25, 0.3) is 0 Å². The summed E-state index contributed by atoms with van der Waals surface area (Å²) in [6.45, 7) is 3.26. The smallest absolute Gasteiger partial charge is 0.237 e. The molecule has 20 heavy (non-hydrogen) atoms.